The Balaban J connectivity index is 2.33. The van der Waals surface area contributed by atoms with Crippen LogP contribution >= 0.6 is 0 Å². The van der Waals surface area contributed by atoms with Crippen LogP contribution in [0.25, 0.3) is 11.1 Å². The summed E-state index contributed by atoms with van der Waals surface area (Å²) in [6.07, 6.45) is 5.61. The minimum absolute atomic E-state index is 0.375. The number of nitrogens with zero attached hydrogens (tertiary/aromatic N) is 3. The zero-order chi connectivity index (χ0) is 10.8. The van der Waals surface area contributed by atoms with E-state index in [9.17, 15) is 0 Å². The van der Waals surface area contributed by atoms with Crippen LogP contribution in [0, 0.1) is 0 Å². The maximum absolute atomic E-state index is 5.53. The molecular formula is C11H14N4. The number of nitrogen functional groups attached to an aromatic ring is 1. The van der Waals surface area contributed by atoms with Crippen LogP contribution in [-0.4, -0.2) is 14.8 Å². The van der Waals surface area contributed by atoms with Crippen molar-refractivity contribution in [2.45, 2.75) is 19.9 Å². The van der Waals surface area contributed by atoms with Crippen molar-refractivity contribution in [3.63, 3.8) is 0 Å². The molecule has 0 saturated carbocycles. The van der Waals surface area contributed by atoms with Gasteiger partial charge in [-0.3, -0.25) is 4.68 Å². The molecule has 0 aromatic carbocycles. The van der Waals surface area contributed by atoms with Gasteiger partial charge in [-0.2, -0.15) is 5.10 Å². The third-order valence-electron chi connectivity index (χ3n) is 2.25. The lowest BCUT2D eigenvalue weighted by atomic mass is 10.2. The number of nitrogens with two attached hydrogens (primary N) is 1. The first-order valence-corrected chi connectivity index (χ1v) is 4.93. The van der Waals surface area contributed by atoms with Gasteiger partial charge in [0.2, 0.25) is 0 Å². The van der Waals surface area contributed by atoms with Crippen LogP contribution in [0.4, 0.5) is 5.82 Å². The van der Waals surface area contributed by atoms with Crippen molar-refractivity contribution in [1.29, 1.82) is 0 Å². The van der Waals surface area contributed by atoms with Gasteiger partial charge in [-0.25, -0.2) is 4.98 Å². The van der Waals surface area contributed by atoms with Crippen molar-refractivity contribution in [3.05, 3.63) is 30.7 Å². The lowest BCUT2D eigenvalue weighted by molar-refractivity contribution is 0.532. The van der Waals surface area contributed by atoms with E-state index in [1.807, 2.05) is 23.1 Å². The Hall–Kier alpha value is -1.84. The van der Waals surface area contributed by atoms with Gasteiger partial charge in [0.1, 0.15) is 5.82 Å². The SMILES string of the molecule is CC(C)n1cc(-c2ccc(N)nc2)cn1. The van der Waals surface area contributed by atoms with Crippen molar-refractivity contribution in [1.82, 2.24) is 14.8 Å². The van der Waals surface area contributed by atoms with Crippen LogP contribution in [0.2, 0.25) is 0 Å². The van der Waals surface area contributed by atoms with Gasteiger partial charge in [-0.05, 0) is 26.0 Å². The van der Waals surface area contributed by atoms with E-state index in [0.29, 0.717) is 11.9 Å². The van der Waals surface area contributed by atoms with Crippen LogP contribution in [0.3, 0.4) is 0 Å². The third-order valence-corrected chi connectivity index (χ3v) is 2.25. The molecule has 2 rings (SSSR count). The molecule has 0 unspecified atom stereocenters. The van der Waals surface area contributed by atoms with E-state index in [1.54, 1.807) is 12.3 Å². The topological polar surface area (TPSA) is 56.7 Å². The van der Waals surface area contributed by atoms with Crippen molar-refractivity contribution < 1.29 is 0 Å². The van der Waals surface area contributed by atoms with Crippen LogP contribution in [-0.2, 0) is 0 Å². The molecule has 78 valence electrons. The maximum atomic E-state index is 5.53. The van der Waals surface area contributed by atoms with E-state index >= 15 is 0 Å². The molecule has 0 atom stereocenters. The minimum Gasteiger partial charge on any atom is -0.384 e. The molecule has 2 heterocycles. The first-order chi connectivity index (χ1) is 7.16. The molecule has 2 aromatic rings. The van der Waals surface area contributed by atoms with Crippen LogP contribution in [0.1, 0.15) is 19.9 Å². The first-order valence-electron chi connectivity index (χ1n) is 4.93. The number of hydrogen-bond acceptors (Lipinski definition) is 3. The molecule has 0 fully saturated rings. The van der Waals surface area contributed by atoms with Crippen molar-refractivity contribution >= 4 is 5.82 Å². The maximum Gasteiger partial charge on any atom is 0.123 e. The van der Waals surface area contributed by atoms with E-state index in [1.165, 1.54) is 0 Å². The molecule has 2 N–H and O–H groups in total. The highest BCUT2D eigenvalue weighted by Crippen LogP contribution is 2.19. The van der Waals surface area contributed by atoms with Gasteiger partial charge in [-0.15, -0.1) is 0 Å². The molecule has 0 aliphatic rings. The Morgan fingerprint density at radius 2 is 2.00 bits per heavy atom. The molecule has 0 bridgehead atoms. The Bertz CT molecular complexity index is 442. The summed E-state index contributed by atoms with van der Waals surface area (Å²) in [5, 5.41) is 4.27. The highest BCUT2D eigenvalue weighted by atomic mass is 15.3. The van der Waals surface area contributed by atoms with Gasteiger partial charge in [0.15, 0.2) is 0 Å². The second-order valence-electron chi connectivity index (χ2n) is 3.77. The first kappa shape index (κ1) is 9.71. The number of hydrogen-bond donors (Lipinski definition) is 1. The summed E-state index contributed by atoms with van der Waals surface area (Å²) >= 11 is 0. The molecule has 15 heavy (non-hydrogen) atoms. The van der Waals surface area contributed by atoms with Crippen molar-refractivity contribution in [2.75, 3.05) is 5.73 Å². The van der Waals surface area contributed by atoms with Gasteiger partial charge in [0.25, 0.3) is 0 Å². The summed E-state index contributed by atoms with van der Waals surface area (Å²) in [5.41, 5.74) is 7.63. The molecule has 4 heteroatoms. The number of aromatic nitrogens is 3. The summed E-state index contributed by atoms with van der Waals surface area (Å²) in [5.74, 6) is 0.537. The Morgan fingerprint density at radius 3 is 2.53 bits per heavy atom. The van der Waals surface area contributed by atoms with Gasteiger partial charge in [0.05, 0.1) is 6.20 Å². The molecule has 4 nitrogen and oxygen atoms in total. The molecule has 0 amide bonds. The average molecular weight is 202 g/mol. The largest absolute Gasteiger partial charge is 0.384 e. The highest BCUT2D eigenvalue weighted by molar-refractivity contribution is 5.61. The van der Waals surface area contributed by atoms with Gasteiger partial charge in [-0.1, -0.05) is 0 Å². The second-order valence-corrected chi connectivity index (χ2v) is 3.77. The van der Waals surface area contributed by atoms with Gasteiger partial charge < -0.3 is 5.73 Å². The predicted octanol–water partition coefficient (Wildman–Crippen LogP) is 2.11. The van der Waals surface area contributed by atoms with Crippen LogP contribution in [0.15, 0.2) is 30.7 Å². The Kier molecular flexibility index (Phi) is 2.41. The molecular weight excluding hydrogens is 188 g/mol. The molecule has 0 spiro atoms. The number of anilines is 1. The monoisotopic (exact) mass is 202 g/mol. The van der Waals surface area contributed by atoms with Gasteiger partial charge in [0, 0.05) is 29.6 Å². The molecule has 2 aromatic heterocycles. The van der Waals surface area contributed by atoms with Crippen molar-refractivity contribution in [3.8, 4) is 11.1 Å². The smallest absolute Gasteiger partial charge is 0.123 e. The summed E-state index contributed by atoms with van der Waals surface area (Å²) < 4.78 is 1.92. The molecule has 0 radical (unpaired) electrons. The van der Waals surface area contributed by atoms with E-state index in [4.69, 9.17) is 5.73 Å². The molecule has 0 saturated heterocycles. The minimum atomic E-state index is 0.375. The average Bonchev–Trinajstić information content (AvgIpc) is 2.68. The van der Waals surface area contributed by atoms with E-state index in [2.05, 4.69) is 23.9 Å². The van der Waals surface area contributed by atoms with E-state index in [-0.39, 0.29) is 0 Å². The lowest BCUT2D eigenvalue weighted by Gasteiger charge is -2.03. The van der Waals surface area contributed by atoms with E-state index < -0.39 is 0 Å². The third kappa shape index (κ3) is 1.98. The normalized spacial score (nSPS) is 10.9. The van der Waals surface area contributed by atoms with Crippen LogP contribution < -0.4 is 5.73 Å². The zero-order valence-electron chi connectivity index (χ0n) is 8.88. The Morgan fingerprint density at radius 1 is 1.20 bits per heavy atom. The standard InChI is InChI=1S/C11H14N4/c1-8(2)15-7-10(6-14-15)9-3-4-11(12)13-5-9/h3-8H,1-2H3,(H2,12,13). The lowest BCUT2D eigenvalue weighted by Crippen LogP contribution is -1.99. The van der Waals surface area contributed by atoms with E-state index in [0.717, 1.165) is 11.1 Å². The quantitative estimate of drug-likeness (QED) is 0.811. The van der Waals surface area contributed by atoms with Gasteiger partial charge >= 0.3 is 0 Å². The Labute approximate surface area is 88.8 Å². The zero-order valence-corrected chi connectivity index (χ0v) is 8.88. The van der Waals surface area contributed by atoms with Crippen molar-refractivity contribution in [2.24, 2.45) is 0 Å². The second kappa shape index (κ2) is 3.73. The summed E-state index contributed by atoms with van der Waals surface area (Å²) in [4.78, 5) is 4.05. The fraction of sp³-hybridized carbons (Fsp3) is 0.273. The van der Waals surface area contributed by atoms with Crippen LogP contribution in [0.5, 0.6) is 0 Å². The summed E-state index contributed by atoms with van der Waals surface area (Å²) in [7, 11) is 0. The number of pyridine rings is 1. The fourth-order valence-electron chi connectivity index (χ4n) is 1.35. The summed E-state index contributed by atoms with van der Waals surface area (Å²) in [6.45, 7) is 4.19. The molecule has 0 aliphatic heterocycles. The fourth-order valence-corrected chi connectivity index (χ4v) is 1.35. The predicted molar refractivity (Wildman–Crippen MR) is 60.3 cm³/mol. The number of rotatable bonds is 2. The summed E-state index contributed by atoms with van der Waals surface area (Å²) in [6, 6.07) is 4.12. The highest BCUT2D eigenvalue weighted by Gasteiger charge is 2.03. The molecule has 0 aliphatic carbocycles.